The van der Waals surface area contributed by atoms with Crippen LogP contribution in [0.2, 0.25) is 0 Å². The average molecular weight is 277 g/mol. The van der Waals surface area contributed by atoms with Crippen LogP contribution in [0.5, 0.6) is 5.75 Å². The zero-order chi connectivity index (χ0) is 14.5. The standard InChI is InChI=1S/C15H19NO4/c1-10-8-12(6-7-13(10)15(18)19)20-9-14(17)16-11-4-2-3-5-11/h6-8,11H,2-5,9H2,1H3,(H,16,17)(H,18,19). The van der Waals surface area contributed by atoms with Crippen molar-refractivity contribution in [2.45, 2.75) is 38.6 Å². The molecule has 1 aromatic carbocycles. The lowest BCUT2D eigenvalue weighted by atomic mass is 10.1. The maximum atomic E-state index is 11.7. The van der Waals surface area contributed by atoms with Crippen molar-refractivity contribution < 1.29 is 19.4 Å². The summed E-state index contributed by atoms with van der Waals surface area (Å²) in [5.41, 5.74) is 0.860. The lowest BCUT2D eigenvalue weighted by Crippen LogP contribution is -2.36. The van der Waals surface area contributed by atoms with Gasteiger partial charge in [0.2, 0.25) is 0 Å². The molecule has 1 aromatic rings. The van der Waals surface area contributed by atoms with Gasteiger partial charge in [-0.1, -0.05) is 12.8 Å². The molecule has 1 amide bonds. The van der Waals surface area contributed by atoms with Crippen LogP contribution in [0, 0.1) is 6.92 Å². The molecule has 2 rings (SSSR count). The number of hydrogen-bond acceptors (Lipinski definition) is 3. The SMILES string of the molecule is Cc1cc(OCC(=O)NC2CCCC2)ccc1C(=O)O. The predicted octanol–water partition coefficient (Wildman–Crippen LogP) is 2.13. The smallest absolute Gasteiger partial charge is 0.335 e. The van der Waals surface area contributed by atoms with E-state index in [1.165, 1.54) is 18.9 Å². The summed E-state index contributed by atoms with van der Waals surface area (Å²) in [6.45, 7) is 1.66. The van der Waals surface area contributed by atoms with Gasteiger partial charge in [-0.05, 0) is 43.5 Å². The topological polar surface area (TPSA) is 75.6 Å². The van der Waals surface area contributed by atoms with Gasteiger partial charge < -0.3 is 15.2 Å². The van der Waals surface area contributed by atoms with E-state index in [9.17, 15) is 9.59 Å². The second-order valence-corrected chi connectivity index (χ2v) is 5.12. The molecule has 0 aliphatic heterocycles. The molecule has 5 nitrogen and oxygen atoms in total. The molecule has 20 heavy (non-hydrogen) atoms. The van der Waals surface area contributed by atoms with Crippen LogP contribution in [0.15, 0.2) is 18.2 Å². The first-order chi connectivity index (χ1) is 9.56. The summed E-state index contributed by atoms with van der Waals surface area (Å²) in [5.74, 6) is -0.584. The minimum absolute atomic E-state index is 0.0393. The highest BCUT2D eigenvalue weighted by Gasteiger charge is 2.17. The summed E-state index contributed by atoms with van der Waals surface area (Å²) in [4.78, 5) is 22.6. The Hall–Kier alpha value is -2.04. The summed E-state index contributed by atoms with van der Waals surface area (Å²) in [6, 6.07) is 4.97. The zero-order valence-electron chi connectivity index (χ0n) is 11.5. The first kappa shape index (κ1) is 14.4. The molecular formula is C15H19NO4. The third kappa shape index (κ3) is 3.73. The van der Waals surface area contributed by atoms with E-state index >= 15 is 0 Å². The third-order valence-corrected chi connectivity index (χ3v) is 3.52. The van der Waals surface area contributed by atoms with Gasteiger partial charge in [0.1, 0.15) is 5.75 Å². The normalized spacial score (nSPS) is 15.1. The van der Waals surface area contributed by atoms with Gasteiger partial charge in [-0.15, -0.1) is 0 Å². The molecule has 1 saturated carbocycles. The molecule has 0 bridgehead atoms. The molecular weight excluding hydrogens is 258 g/mol. The van der Waals surface area contributed by atoms with E-state index in [1.807, 2.05) is 0 Å². The van der Waals surface area contributed by atoms with E-state index in [1.54, 1.807) is 19.1 Å². The summed E-state index contributed by atoms with van der Waals surface area (Å²) >= 11 is 0. The van der Waals surface area contributed by atoms with Crippen LogP contribution in [-0.2, 0) is 4.79 Å². The lowest BCUT2D eigenvalue weighted by Gasteiger charge is -2.13. The molecule has 0 spiro atoms. The molecule has 1 fully saturated rings. The van der Waals surface area contributed by atoms with Gasteiger partial charge in [0.25, 0.3) is 5.91 Å². The fourth-order valence-corrected chi connectivity index (χ4v) is 2.45. The zero-order valence-corrected chi connectivity index (χ0v) is 11.5. The highest BCUT2D eigenvalue weighted by Crippen LogP contribution is 2.18. The predicted molar refractivity (Wildman–Crippen MR) is 74.0 cm³/mol. The van der Waals surface area contributed by atoms with E-state index < -0.39 is 5.97 Å². The van der Waals surface area contributed by atoms with E-state index in [4.69, 9.17) is 9.84 Å². The van der Waals surface area contributed by atoms with E-state index in [-0.39, 0.29) is 24.1 Å². The third-order valence-electron chi connectivity index (χ3n) is 3.52. The van der Waals surface area contributed by atoms with Gasteiger partial charge >= 0.3 is 5.97 Å². The van der Waals surface area contributed by atoms with Crippen molar-refractivity contribution in [2.75, 3.05) is 6.61 Å². The summed E-state index contributed by atoms with van der Waals surface area (Å²) < 4.78 is 5.39. The first-order valence-electron chi connectivity index (χ1n) is 6.82. The van der Waals surface area contributed by atoms with Crippen LogP contribution in [-0.4, -0.2) is 29.6 Å². The maximum Gasteiger partial charge on any atom is 0.335 e. The second-order valence-electron chi connectivity index (χ2n) is 5.12. The van der Waals surface area contributed by atoms with E-state index in [0.29, 0.717) is 11.3 Å². The maximum absolute atomic E-state index is 11.7. The molecule has 108 valence electrons. The van der Waals surface area contributed by atoms with Crippen LogP contribution in [0.3, 0.4) is 0 Å². The Bertz CT molecular complexity index is 507. The molecule has 0 atom stereocenters. The number of amides is 1. The Kier molecular flexibility index (Phi) is 4.61. The molecule has 0 aromatic heterocycles. The fourth-order valence-electron chi connectivity index (χ4n) is 2.45. The number of carboxylic acids is 1. The van der Waals surface area contributed by atoms with Gasteiger partial charge in [-0.25, -0.2) is 4.79 Å². The number of carbonyl (C=O) groups excluding carboxylic acids is 1. The number of aryl methyl sites for hydroxylation is 1. The molecule has 0 saturated heterocycles. The quantitative estimate of drug-likeness (QED) is 0.864. The van der Waals surface area contributed by atoms with Crippen LogP contribution in [0.1, 0.15) is 41.6 Å². The van der Waals surface area contributed by atoms with Gasteiger partial charge in [0, 0.05) is 6.04 Å². The largest absolute Gasteiger partial charge is 0.484 e. The number of carboxylic acid groups (broad SMARTS) is 1. The number of nitrogens with one attached hydrogen (secondary N) is 1. The molecule has 0 heterocycles. The molecule has 0 radical (unpaired) electrons. The van der Waals surface area contributed by atoms with Crippen LogP contribution in [0.4, 0.5) is 0 Å². The minimum atomic E-state index is -0.965. The van der Waals surface area contributed by atoms with Crippen molar-refractivity contribution in [3.05, 3.63) is 29.3 Å². The highest BCUT2D eigenvalue weighted by molar-refractivity contribution is 5.89. The Labute approximate surface area is 117 Å². The molecule has 5 heteroatoms. The molecule has 2 N–H and O–H groups in total. The summed E-state index contributed by atoms with van der Waals surface area (Å²) in [6.07, 6.45) is 4.42. The van der Waals surface area contributed by atoms with Crippen molar-refractivity contribution in [1.29, 1.82) is 0 Å². The van der Waals surface area contributed by atoms with Crippen LogP contribution < -0.4 is 10.1 Å². The fraction of sp³-hybridized carbons (Fsp3) is 0.467. The highest BCUT2D eigenvalue weighted by atomic mass is 16.5. The Morgan fingerprint density at radius 2 is 2.05 bits per heavy atom. The number of carbonyl (C=O) groups is 2. The van der Waals surface area contributed by atoms with E-state index in [2.05, 4.69) is 5.32 Å². The van der Waals surface area contributed by atoms with Crippen molar-refractivity contribution >= 4 is 11.9 Å². The number of hydrogen-bond donors (Lipinski definition) is 2. The van der Waals surface area contributed by atoms with Gasteiger partial charge in [-0.2, -0.15) is 0 Å². The van der Waals surface area contributed by atoms with Crippen molar-refractivity contribution in [3.8, 4) is 5.75 Å². The van der Waals surface area contributed by atoms with Crippen molar-refractivity contribution in [3.63, 3.8) is 0 Å². The molecule has 0 unspecified atom stereocenters. The molecule has 1 aliphatic rings. The lowest BCUT2D eigenvalue weighted by molar-refractivity contribution is -0.123. The Morgan fingerprint density at radius 1 is 1.35 bits per heavy atom. The van der Waals surface area contributed by atoms with Crippen LogP contribution in [0.25, 0.3) is 0 Å². The van der Waals surface area contributed by atoms with E-state index in [0.717, 1.165) is 12.8 Å². The Balaban J connectivity index is 1.85. The van der Waals surface area contributed by atoms with Crippen LogP contribution >= 0.6 is 0 Å². The Morgan fingerprint density at radius 3 is 2.65 bits per heavy atom. The summed E-state index contributed by atoms with van der Waals surface area (Å²) in [7, 11) is 0. The number of benzene rings is 1. The van der Waals surface area contributed by atoms with Gasteiger partial charge in [0.15, 0.2) is 6.61 Å². The molecule has 1 aliphatic carbocycles. The first-order valence-corrected chi connectivity index (χ1v) is 6.82. The van der Waals surface area contributed by atoms with Gasteiger partial charge in [0.05, 0.1) is 5.56 Å². The average Bonchev–Trinajstić information content (AvgIpc) is 2.89. The minimum Gasteiger partial charge on any atom is -0.484 e. The monoisotopic (exact) mass is 277 g/mol. The van der Waals surface area contributed by atoms with Gasteiger partial charge in [-0.3, -0.25) is 4.79 Å². The van der Waals surface area contributed by atoms with Crippen molar-refractivity contribution in [1.82, 2.24) is 5.32 Å². The number of ether oxygens (including phenoxy) is 1. The number of aromatic carboxylic acids is 1. The van der Waals surface area contributed by atoms with Crippen molar-refractivity contribution in [2.24, 2.45) is 0 Å². The summed E-state index contributed by atoms with van der Waals surface area (Å²) in [5, 5.41) is 11.9. The number of rotatable bonds is 5. The second kappa shape index (κ2) is 6.41.